The van der Waals surface area contributed by atoms with Crippen LogP contribution in [-0.4, -0.2) is 23.2 Å². The first-order chi connectivity index (χ1) is 7.39. The fraction of sp³-hybridized carbons (Fsp3) is 0.778. The van der Waals surface area contributed by atoms with Crippen molar-refractivity contribution in [2.24, 2.45) is 11.1 Å². The van der Waals surface area contributed by atoms with Gasteiger partial charge in [-0.2, -0.15) is 0 Å². The van der Waals surface area contributed by atoms with Gasteiger partial charge in [-0.15, -0.1) is 10.2 Å². The molecule has 0 aromatic carbocycles. The Hall–Kier alpha value is -0.950. The first-order valence-electron chi connectivity index (χ1n) is 5.35. The summed E-state index contributed by atoms with van der Waals surface area (Å²) in [6.07, 6.45) is 2.11. The first-order valence-corrected chi connectivity index (χ1v) is 6.90. The van der Waals surface area contributed by atoms with Crippen LogP contribution in [0.2, 0.25) is 0 Å². The van der Waals surface area contributed by atoms with Crippen molar-refractivity contribution in [1.82, 2.24) is 14.8 Å². The largest absolute Gasteiger partial charge is 0.300 e. The summed E-state index contributed by atoms with van der Waals surface area (Å²) in [6, 6.07) is 0. The fourth-order valence-electron chi connectivity index (χ4n) is 1.69. The maximum absolute atomic E-state index is 11.3. The number of nitrogens with two attached hydrogens (primary N) is 1. The minimum atomic E-state index is -3.77. The van der Waals surface area contributed by atoms with Gasteiger partial charge in [0.1, 0.15) is 5.82 Å². The summed E-state index contributed by atoms with van der Waals surface area (Å²) in [6.45, 7) is 4.62. The predicted molar refractivity (Wildman–Crippen MR) is 58.2 cm³/mol. The highest BCUT2D eigenvalue weighted by molar-refractivity contribution is 7.89. The maximum Gasteiger partial charge on any atom is 0.273 e. The molecular weight excluding hydrogens is 228 g/mol. The second-order valence-corrected chi connectivity index (χ2v) is 6.12. The molecule has 0 aliphatic heterocycles. The minimum Gasteiger partial charge on any atom is -0.300 e. The van der Waals surface area contributed by atoms with Gasteiger partial charge in [-0.25, -0.2) is 13.6 Å². The Balaban J connectivity index is 2.45. The van der Waals surface area contributed by atoms with Crippen molar-refractivity contribution in [3.05, 3.63) is 5.82 Å². The van der Waals surface area contributed by atoms with E-state index in [0.29, 0.717) is 18.4 Å². The maximum atomic E-state index is 11.3. The van der Waals surface area contributed by atoms with E-state index in [0.717, 1.165) is 18.7 Å². The highest BCUT2D eigenvalue weighted by Crippen LogP contribution is 2.39. The summed E-state index contributed by atoms with van der Waals surface area (Å²) in [7, 11) is -3.77. The van der Waals surface area contributed by atoms with Crippen LogP contribution in [0.4, 0.5) is 0 Å². The molecule has 1 heterocycles. The third-order valence-corrected chi connectivity index (χ3v) is 3.30. The SMILES string of the molecule is CC(C)Cn1c(C2CC2)nnc1S(N)(=O)=O. The van der Waals surface area contributed by atoms with Gasteiger partial charge in [0.15, 0.2) is 0 Å². The zero-order valence-corrected chi connectivity index (χ0v) is 10.2. The lowest BCUT2D eigenvalue weighted by Crippen LogP contribution is -2.21. The molecule has 1 aliphatic rings. The van der Waals surface area contributed by atoms with E-state index < -0.39 is 10.0 Å². The van der Waals surface area contributed by atoms with Crippen molar-refractivity contribution in [2.45, 2.75) is 44.3 Å². The minimum absolute atomic E-state index is 0.108. The highest BCUT2D eigenvalue weighted by atomic mass is 32.2. The second kappa shape index (κ2) is 3.81. The average Bonchev–Trinajstić information content (AvgIpc) is 2.86. The van der Waals surface area contributed by atoms with Crippen molar-refractivity contribution in [3.63, 3.8) is 0 Å². The molecule has 1 saturated carbocycles. The van der Waals surface area contributed by atoms with Crippen molar-refractivity contribution in [1.29, 1.82) is 0 Å². The van der Waals surface area contributed by atoms with Crippen LogP contribution < -0.4 is 5.14 Å². The normalized spacial score (nSPS) is 17.0. The van der Waals surface area contributed by atoms with Crippen LogP contribution in [0.25, 0.3) is 0 Å². The molecule has 7 heteroatoms. The molecule has 0 spiro atoms. The van der Waals surface area contributed by atoms with Crippen LogP contribution in [0.15, 0.2) is 5.16 Å². The Bertz CT molecular complexity index is 488. The Morgan fingerprint density at radius 1 is 1.44 bits per heavy atom. The van der Waals surface area contributed by atoms with E-state index in [1.54, 1.807) is 4.57 Å². The summed E-state index contributed by atoms with van der Waals surface area (Å²) in [5.74, 6) is 1.45. The van der Waals surface area contributed by atoms with E-state index in [4.69, 9.17) is 5.14 Å². The molecule has 0 saturated heterocycles. The van der Waals surface area contributed by atoms with Crippen molar-refractivity contribution < 1.29 is 8.42 Å². The van der Waals surface area contributed by atoms with Crippen molar-refractivity contribution >= 4 is 10.0 Å². The van der Waals surface area contributed by atoms with E-state index in [1.165, 1.54) is 0 Å². The molecule has 6 nitrogen and oxygen atoms in total. The van der Waals surface area contributed by atoms with Gasteiger partial charge in [0.05, 0.1) is 0 Å². The van der Waals surface area contributed by atoms with Gasteiger partial charge in [0.25, 0.3) is 15.2 Å². The standard InChI is InChI=1S/C9H16N4O2S/c1-6(2)5-13-8(7-3-4-7)11-12-9(13)16(10,14)15/h6-7H,3-5H2,1-2H3,(H2,10,14,15). The van der Waals surface area contributed by atoms with Gasteiger partial charge >= 0.3 is 0 Å². The quantitative estimate of drug-likeness (QED) is 0.833. The predicted octanol–water partition coefficient (Wildman–Crippen LogP) is 0.459. The van der Waals surface area contributed by atoms with Crippen LogP contribution in [0.5, 0.6) is 0 Å². The Morgan fingerprint density at radius 2 is 2.06 bits per heavy atom. The van der Waals surface area contributed by atoms with Gasteiger partial charge in [-0.1, -0.05) is 13.8 Å². The number of hydrogen-bond acceptors (Lipinski definition) is 4. The summed E-state index contributed by atoms with van der Waals surface area (Å²) >= 11 is 0. The van der Waals surface area contributed by atoms with Gasteiger partial charge < -0.3 is 4.57 Å². The number of rotatable bonds is 4. The third kappa shape index (κ3) is 2.25. The van der Waals surface area contributed by atoms with Gasteiger partial charge in [-0.3, -0.25) is 0 Å². The molecule has 0 unspecified atom stereocenters. The van der Waals surface area contributed by atoms with Crippen LogP contribution >= 0.6 is 0 Å². The van der Waals surface area contributed by atoms with Gasteiger partial charge in [0, 0.05) is 12.5 Å². The molecule has 90 valence electrons. The van der Waals surface area contributed by atoms with Crippen molar-refractivity contribution in [3.8, 4) is 0 Å². The molecule has 0 radical (unpaired) electrons. The average molecular weight is 244 g/mol. The van der Waals surface area contributed by atoms with Crippen LogP contribution in [0.1, 0.15) is 38.4 Å². The van der Waals surface area contributed by atoms with E-state index in [9.17, 15) is 8.42 Å². The highest BCUT2D eigenvalue weighted by Gasteiger charge is 2.32. The van der Waals surface area contributed by atoms with Crippen molar-refractivity contribution in [2.75, 3.05) is 0 Å². The van der Waals surface area contributed by atoms with Gasteiger partial charge in [0.2, 0.25) is 0 Å². The van der Waals surface area contributed by atoms with Crippen LogP contribution in [0, 0.1) is 5.92 Å². The summed E-state index contributed by atoms with van der Waals surface area (Å²) in [4.78, 5) is 0. The zero-order chi connectivity index (χ0) is 11.9. The Kier molecular flexibility index (Phi) is 2.75. The topological polar surface area (TPSA) is 90.9 Å². The van der Waals surface area contributed by atoms with E-state index in [2.05, 4.69) is 10.2 Å². The number of hydrogen-bond donors (Lipinski definition) is 1. The molecular formula is C9H16N4O2S. The van der Waals surface area contributed by atoms with Gasteiger partial charge in [-0.05, 0) is 18.8 Å². The summed E-state index contributed by atoms with van der Waals surface area (Å²) in [5.41, 5.74) is 0. The molecule has 0 amide bonds. The van der Waals surface area contributed by atoms with E-state index in [-0.39, 0.29) is 5.16 Å². The fourth-order valence-corrected chi connectivity index (χ4v) is 2.32. The van der Waals surface area contributed by atoms with Crippen LogP contribution in [-0.2, 0) is 16.6 Å². The second-order valence-electron chi connectivity index (χ2n) is 4.66. The number of primary sulfonamides is 1. The summed E-state index contributed by atoms with van der Waals surface area (Å²) < 4.78 is 24.3. The lowest BCUT2D eigenvalue weighted by molar-refractivity contribution is 0.470. The lowest BCUT2D eigenvalue weighted by atomic mass is 10.2. The number of nitrogens with zero attached hydrogens (tertiary/aromatic N) is 3. The molecule has 16 heavy (non-hydrogen) atoms. The molecule has 1 aromatic heterocycles. The van der Waals surface area contributed by atoms with E-state index >= 15 is 0 Å². The molecule has 2 N–H and O–H groups in total. The molecule has 0 atom stereocenters. The number of aromatic nitrogens is 3. The third-order valence-electron chi connectivity index (χ3n) is 2.49. The Morgan fingerprint density at radius 3 is 2.50 bits per heavy atom. The lowest BCUT2D eigenvalue weighted by Gasteiger charge is -2.10. The first kappa shape index (κ1) is 11.5. The van der Waals surface area contributed by atoms with E-state index in [1.807, 2.05) is 13.8 Å². The summed E-state index contributed by atoms with van der Waals surface area (Å²) in [5, 5.41) is 12.7. The molecule has 0 bridgehead atoms. The smallest absolute Gasteiger partial charge is 0.273 e. The van der Waals surface area contributed by atoms with Crippen LogP contribution in [0.3, 0.4) is 0 Å². The molecule has 1 fully saturated rings. The monoisotopic (exact) mass is 244 g/mol. The molecule has 1 aliphatic carbocycles. The Labute approximate surface area is 94.9 Å². The number of sulfonamides is 1. The molecule has 2 rings (SSSR count). The molecule has 1 aromatic rings. The zero-order valence-electron chi connectivity index (χ0n) is 9.42.